The summed E-state index contributed by atoms with van der Waals surface area (Å²) >= 11 is 5.66. The monoisotopic (exact) mass is 350 g/mol. The minimum Gasteiger partial charge on any atom is -0.323 e. The summed E-state index contributed by atoms with van der Waals surface area (Å²) < 4.78 is 27.6. The molecule has 1 aliphatic heterocycles. The van der Waals surface area contributed by atoms with Gasteiger partial charge in [-0.1, -0.05) is 23.7 Å². The minimum absolute atomic E-state index is 0.0128. The molecule has 1 saturated heterocycles. The van der Waals surface area contributed by atoms with Gasteiger partial charge in [-0.25, -0.2) is 8.78 Å². The molecule has 1 N–H and O–H groups in total. The maximum Gasteiger partial charge on any atom is 0.229 e. The van der Waals surface area contributed by atoms with Gasteiger partial charge in [0.2, 0.25) is 11.8 Å². The molecular weight excluding hydrogens is 338 g/mol. The molecule has 1 heterocycles. The van der Waals surface area contributed by atoms with Gasteiger partial charge in [-0.15, -0.1) is 0 Å². The van der Waals surface area contributed by atoms with E-state index >= 15 is 0 Å². The van der Waals surface area contributed by atoms with Gasteiger partial charge in [-0.2, -0.15) is 0 Å². The smallest absolute Gasteiger partial charge is 0.229 e. The zero-order valence-electron chi connectivity index (χ0n) is 12.4. The quantitative estimate of drug-likeness (QED) is 0.919. The highest BCUT2D eigenvalue weighted by Gasteiger charge is 2.36. The van der Waals surface area contributed by atoms with Crippen LogP contribution in [0.25, 0.3) is 0 Å². The third-order valence-corrected chi connectivity index (χ3v) is 4.06. The van der Waals surface area contributed by atoms with Crippen LogP contribution in [-0.4, -0.2) is 18.4 Å². The summed E-state index contributed by atoms with van der Waals surface area (Å²) in [7, 11) is 0. The first-order valence-electron chi connectivity index (χ1n) is 7.26. The highest BCUT2D eigenvalue weighted by molar-refractivity contribution is 6.30. The molecule has 0 radical (unpaired) electrons. The number of carbonyl (C=O) groups is 2. The first-order valence-corrected chi connectivity index (χ1v) is 7.64. The van der Waals surface area contributed by atoms with Crippen molar-refractivity contribution in [3.8, 4) is 0 Å². The molecular formula is C17H13ClF2N2O2. The first-order chi connectivity index (χ1) is 11.5. The molecule has 4 nitrogen and oxygen atoms in total. The summed E-state index contributed by atoms with van der Waals surface area (Å²) in [6, 6.07) is 9.75. The third-order valence-electron chi connectivity index (χ3n) is 3.83. The molecule has 0 spiro atoms. The van der Waals surface area contributed by atoms with E-state index in [1.165, 1.54) is 35.2 Å². The Morgan fingerprint density at radius 1 is 1.17 bits per heavy atom. The van der Waals surface area contributed by atoms with Crippen LogP contribution in [-0.2, 0) is 9.59 Å². The van der Waals surface area contributed by atoms with E-state index in [9.17, 15) is 18.4 Å². The van der Waals surface area contributed by atoms with Crippen LogP contribution in [0.4, 0.5) is 20.2 Å². The lowest BCUT2D eigenvalue weighted by Gasteiger charge is -2.17. The largest absolute Gasteiger partial charge is 0.323 e. The van der Waals surface area contributed by atoms with Gasteiger partial charge in [0.05, 0.1) is 17.3 Å². The molecule has 0 saturated carbocycles. The molecule has 124 valence electrons. The molecule has 0 unspecified atom stereocenters. The third kappa shape index (κ3) is 3.23. The molecule has 2 aromatic carbocycles. The van der Waals surface area contributed by atoms with Gasteiger partial charge in [0.15, 0.2) is 0 Å². The second-order valence-electron chi connectivity index (χ2n) is 5.47. The van der Waals surface area contributed by atoms with E-state index in [0.717, 1.165) is 6.07 Å². The van der Waals surface area contributed by atoms with Crippen LogP contribution < -0.4 is 10.2 Å². The van der Waals surface area contributed by atoms with Crippen LogP contribution in [0.2, 0.25) is 5.02 Å². The Bertz CT molecular complexity index is 813. The van der Waals surface area contributed by atoms with Gasteiger partial charge in [0, 0.05) is 18.0 Å². The molecule has 1 fully saturated rings. The Labute approximate surface area is 142 Å². The van der Waals surface area contributed by atoms with Gasteiger partial charge in [-0.3, -0.25) is 9.59 Å². The lowest BCUT2D eigenvalue weighted by molar-refractivity contribution is -0.122. The lowest BCUT2D eigenvalue weighted by Crippen LogP contribution is -2.28. The van der Waals surface area contributed by atoms with Crippen LogP contribution >= 0.6 is 11.6 Å². The highest BCUT2D eigenvalue weighted by Crippen LogP contribution is 2.28. The maximum absolute atomic E-state index is 13.8. The summed E-state index contributed by atoms with van der Waals surface area (Å²) in [6.45, 7) is 0.0425. The van der Waals surface area contributed by atoms with E-state index in [2.05, 4.69) is 5.32 Å². The average molecular weight is 351 g/mol. The van der Waals surface area contributed by atoms with Crippen LogP contribution in [0.1, 0.15) is 6.42 Å². The summed E-state index contributed by atoms with van der Waals surface area (Å²) in [6.07, 6.45) is -0.0601. The normalized spacial score (nSPS) is 17.2. The van der Waals surface area contributed by atoms with Crippen molar-refractivity contribution >= 4 is 34.8 Å². The molecule has 0 aliphatic carbocycles. The molecule has 0 aromatic heterocycles. The standard InChI is InChI=1S/C17H13ClF2N2O2/c18-11-5-6-14(13(20)8-11)21-17(24)10-7-16(23)22(9-10)15-4-2-1-3-12(15)19/h1-6,8,10H,7,9H2,(H,21,24)/t10-/m1/s1. The number of hydrogen-bond acceptors (Lipinski definition) is 2. The van der Waals surface area contributed by atoms with E-state index in [4.69, 9.17) is 11.6 Å². The molecule has 2 aromatic rings. The zero-order valence-corrected chi connectivity index (χ0v) is 13.2. The predicted octanol–water partition coefficient (Wildman–Crippen LogP) is 3.61. The zero-order chi connectivity index (χ0) is 17.3. The molecule has 7 heteroatoms. The number of halogens is 3. The fraction of sp³-hybridized carbons (Fsp3) is 0.176. The molecule has 0 bridgehead atoms. The number of hydrogen-bond donors (Lipinski definition) is 1. The van der Waals surface area contributed by atoms with Gasteiger partial charge in [0.1, 0.15) is 11.6 Å². The number of anilines is 2. The van der Waals surface area contributed by atoms with Crippen LogP contribution in [0, 0.1) is 17.6 Å². The minimum atomic E-state index is -0.688. The summed E-state index contributed by atoms with van der Waals surface area (Å²) in [4.78, 5) is 25.6. The van der Waals surface area contributed by atoms with Crippen molar-refractivity contribution in [2.45, 2.75) is 6.42 Å². The number of rotatable bonds is 3. The molecule has 3 rings (SSSR count). The Kier molecular flexibility index (Phi) is 4.49. The van der Waals surface area contributed by atoms with E-state index in [0.29, 0.717) is 0 Å². The molecule has 1 aliphatic rings. The topological polar surface area (TPSA) is 49.4 Å². The Balaban J connectivity index is 1.73. The van der Waals surface area contributed by atoms with Crippen molar-refractivity contribution in [2.75, 3.05) is 16.8 Å². The van der Waals surface area contributed by atoms with E-state index in [-0.39, 0.29) is 35.3 Å². The second-order valence-corrected chi connectivity index (χ2v) is 5.91. The average Bonchev–Trinajstić information content (AvgIpc) is 2.92. The van der Waals surface area contributed by atoms with Gasteiger partial charge >= 0.3 is 0 Å². The molecule has 1 atom stereocenters. The summed E-state index contributed by atoms with van der Waals surface area (Å²) in [5.41, 5.74) is 0.122. The first kappa shape index (κ1) is 16.4. The highest BCUT2D eigenvalue weighted by atomic mass is 35.5. The summed E-state index contributed by atoms with van der Waals surface area (Å²) in [5.74, 6) is -2.73. The second kappa shape index (κ2) is 6.57. The SMILES string of the molecule is O=C(Nc1ccc(Cl)cc1F)[C@@H]1CC(=O)N(c2ccccc2F)C1. The Morgan fingerprint density at radius 2 is 1.92 bits per heavy atom. The van der Waals surface area contributed by atoms with Crippen LogP contribution in [0.5, 0.6) is 0 Å². The van der Waals surface area contributed by atoms with Crippen molar-refractivity contribution in [3.63, 3.8) is 0 Å². The van der Waals surface area contributed by atoms with Gasteiger partial charge in [0.25, 0.3) is 0 Å². The van der Waals surface area contributed by atoms with Crippen molar-refractivity contribution in [1.29, 1.82) is 0 Å². The lowest BCUT2D eigenvalue weighted by atomic mass is 10.1. The number of benzene rings is 2. The van der Waals surface area contributed by atoms with Crippen LogP contribution in [0.3, 0.4) is 0 Å². The predicted molar refractivity (Wildman–Crippen MR) is 86.9 cm³/mol. The number of amides is 2. The fourth-order valence-electron chi connectivity index (χ4n) is 2.61. The Hall–Kier alpha value is -2.47. The van der Waals surface area contributed by atoms with Crippen molar-refractivity contribution in [1.82, 2.24) is 0 Å². The van der Waals surface area contributed by atoms with Crippen molar-refractivity contribution in [2.24, 2.45) is 5.92 Å². The summed E-state index contributed by atoms with van der Waals surface area (Å²) in [5, 5.41) is 2.66. The van der Waals surface area contributed by atoms with Gasteiger partial charge < -0.3 is 10.2 Å². The van der Waals surface area contributed by atoms with Crippen molar-refractivity contribution < 1.29 is 18.4 Å². The molecule has 2 amide bonds. The number of nitrogens with one attached hydrogen (secondary N) is 1. The Morgan fingerprint density at radius 3 is 2.62 bits per heavy atom. The van der Waals surface area contributed by atoms with E-state index < -0.39 is 23.5 Å². The van der Waals surface area contributed by atoms with E-state index in [1.807, 2.05) is 0 Å². The van der Waals surface area contributed by atoms with Crippen LogP contribution in [0.15, 0.2) is 42.5 Å². The maximum atomic E-state index is 13.8. The van der Waals surface area contributed by atoms with Crippen molar-refractivity contribution in [3.05, 3.63) is 59.1 Å². The molecule has 24 heavy (non-hydrogen) atoms. The number of para-hydroxylation sites is 1. The number of nitrogens with zero attached hydrogens (tertiary/aromatic N) is 1. The fourth-order valence-corrected chi connectivity index (χ4v) is 2.77. The number of carbonyl (C=O) groups excluding carboxylic acids is 2. The van der Waals surface area contributed by atoms with Gasteiger partial charge in [-0.05, 0) is 30.3 Å². The van der Waals surface area contributed by atoms with E-state index in [1.54, 1.807) is 6.07 Å².